The van der Waals surface area contributed by atoms with Gasteiger partial charge in [0.25, 0.3) is 0 Å². The summed E-state index contributed by atoms with van der Waals surface area (Å²) < 4.78 is 15.7. The minimum absolute atomic E-state index is 0.0412. The normalized spacial score (nSPS) is 12.7. The van der Waals surface area contributed by atoms with Gasteiger partial charge in [0, 0.05) is 19.5 Å². The van der Waals surface area contributed by atoms with Crippen molar-refractivity contribution in [2.45, 2.75) is 25.8 Å². The van der Waals surface area contributed by atoms with E-state index in [1.165, 1.54) is 6.07 Å². The van der Waals surface area contributed by atoms with Crippen molar-refractivity contribution in [2.24, 2.45) is 7.05 Å². The molecule has 6 heteroatoms. The van der Waals surface area contributed by atoms with Gasteiger partial charge in [-0.1, -0.05) is 24.6 Å². The van der Waals surface area contributed by atoms with Gasteiger partial charge in [0.1, 0.15) is 5.82 Å². The largest absolute Gasteiger partial charge is 0.313 e. The Bertz CT molecular complexity index is 642. The molecule has 0 saturated heterocycles. The van der Waals surface area contributed by atoms with Crippen molar-refractivity contribution in [3.05, 3.63) is 50.5 Å². The number of nitrogens with zero attached hydrogens (tertiary/aromatic N) is 2. The van der Waals surface area contributed by atoms with Crippen LogP contribution < -0.4 is 5.32 Å². The third-order valence-corrected chi connectivity index (χ3v) is 4.64. The van der Waals surface area contributed by atoms with Crippen molar-refractivity contribution in [2.75, 3.05) is 7.05 Å². The van der Waals surface area contributed by atoms with E-state index in [1.807, 2.05) is 25.7 Å². The predicted molar refractivity (Wildman–Crippen MR) is 87.2 cm³/mol. The molecular formula is C15H18BrClFN3. The molecular weight excluding hydrogens is 357 g/mol. The van der Waals surface area contributed by atoms with Gasteiger partial charge in [-0.15, -0.1) is 0 Å². The molecule has 0 saturated carbocycles. The monoisotopic (exact) mass is 373 g/mol. The predicted octanol–water partition coefficient (Wildman–Crippen LogP) is 4.04. The third-order valence-electron chi connectivity index (χ3n) is 3.59. The number of aryl methyl sites for hydroxylation is 2. The van der Waals surface area contributed by atoms with Crippen LogP contribution in [0.25, 0.3) is 0 Å². The number of hydrogen-bond acceptors (Lipinski definition) is 2. The van der Waals surface area contributed by atoms with Crippen molar-refractivity contribution >= 4 is 27.5 Å². The van der Waals surface area contributed by atoms with Gasteiger partial charge in [-0.2, -0.15) is 5.10 Å². The molecule has 0 radical (unpaired) electrons. The number of halogens is 3. The third kappa shape index (κ3) is 3.47. The summed E-state index contributed by atoms with van der Waals surface area (Å²) in [5.41, 5.74) is 2.89. The molecule has 21 heavy (non-hydrogen) atoms. The first-order chi connectivity index (χ1) is 9.97. The molecule has 1 unspecified atom stereocenters. The highest BCUT2D eigenvalue weighted by Crippen LogP contribution is 2.28. The van der Waals surface area contributed by atoms with Gasteiger partial charge in [0.15, 0.2) is 0 Å². The van der Waals surface area contributed by atoms with E-state index in [4.69, 9.17) is 11.6 Å². The smallest absolute Gasteiger partial charge is 0.137 e. The molecule has 0 aliphatic rings. The zero-order chi connectivity index (χ0) is 15.6. The zero-order valence-corrected chi connectivity index (χ0v) is 14.6. The molecule has 1 aromatic heterocycles. The average molecular weight is 375 g/mol. The van der Waals surface area contributed by atoms with Crippen LogP contribution in [0.1, 0.15) is 29.9 Å². The van der Waals surface area contributed by atoms with Gasteiger partial charge >= 0.3 is 0 Å². The second kappa shape index (κ2) is 6.90. The summed E-state index contributed by atoms with van der Waals surface area (Å²) in [6.45, 7) is 2.03. The van der Waals surface area contributed by atoms with E-state index in [2.05, 4.69) is 26.3 Å². The molecule has 0 fully saturated rings. The van der Waals surface area contributed by atoms with Crippen molar-refractivity contribution in [1.29, 1.82) is 0 Å². The molecule has 3 nitrogen and oxygen atoms in total. The van der Waals surface area contributed by atoms with E-state index in [0.717, 1.165) is 28.4 Å². The SMILES string of the molecule is CCc1nn(C)c(CC(NC)c2ccc(F)c(Br)c2)c1Cl. The maximum atomic E-state index is 13.4. The van der Waals surface area contributed by atoms with Crippen LogP contribution in [0.2, 0.25) is 5.02 Å². The molecule has 0 aliphatic heterocycles. The number of rotatable bonds is 5. The first-order valence-corrected chi connectivity index (χ1v) is 7.97. The Balaban J connectivity index is 2.31. The van der Waals surface area contributed by atoms with Crippen LogP contribution in [-0.2, 0) is 19.9 Å². The van der Waals surface area contributed by atoms with Crippen LogP contribution in [0, 0.1) is 5.82 Å². The fraction of sp³-hybridized carbons (Fsp3) is 0.400. The van der Waals surface area contributed by atoms with Gasteiger partial charge in [-0.3, -0.25) is 4.68 Å². The van der Waals surface area contributed by atoms with Crippen LogP contribution >= 0.6 is 27.5 Å². The number of aromatic nitrogens is 2. The van der Waals surface area contributed by atoms with E-state index in [1.54, 1.807) is 12.1 Å². The summed E-state index contributed by atoms with van der Waals surface area (Å²) in [6.07, 6.45) is 1.50. The molecule has 2 rings (SSSR count). The Kier molecular flexibility index (Phi) is 5.41. The van der Waals surface area contributed by atoms with Gasteiger partial charge in [0.2, 0.25) is 0 Å². The molecule has 0 spiro atoms. The Labute approximate surface area is 137 Å². The van der Waals surface area contributed by atoms with Crippen LogP contribution in [0.3, 0.4) is 0 Å². The Morgan fingerprint density at radius 2 is 2.19 bits per heavy atom. The summed E-state index contributed by atoms with van der Waals surface area (Å²) in [5.74, 6) is -0.263. The van der Waals surface area contributed by atoms with Crippen molar-refractivity contribution in [3.8, 4) is 0 Å². The minimum Gasteiger partial charge on any atom is -0.313 e. The van der Waals surface area contributed by atoms with Crippen LogP contribution in [-0.4, -0.2) is 16.8 Å². The average Bonchev–Trinajstić information content (AvgIpc) is 2.74. The molecule has 114 valence electrons. The van der Waals surface area contributed by atoms with Gasteiger partial charge in [-0.25, -0.2) is 4.39 Å². The van der Waals surface area contributed by atoms with E-state index in [9.17, 15) is 4.39 Å². The van der Waals surface area contributed by atoms with E-state index in [-0.39, 0.29) is 11.9 Å². The Morgan fingerprint density at radius 1 is 1.48 bits per heavy atom. The van der Waals surface area contributed by atoms with E-state index in [0.29, 0.717) is 10.9 Å². The maximum Gasteiger partial charge on any atom is 0.137 e. The molecule has 0 bridgehead atoms. The fourth-order valence-electron chi connectivity index (χ4n) is 2.35. The molecule has 0 aliphatic carbocycles. The second-order valence-electron chi connectivity index (χ2n) is 4.90. The first-order valence-electron chi connectivity index (χ1n) is 6.80. The Morgan fingerprint density at radius 3 is 2.71 bits per heavy atom. The minimum atomic E-state index is -0.263. The first kappa shape index (κ1) is 16.5. The highest BCUT2D eigenvalue weighted by Gasteiger charge is 2.19. The lowest BCUT2D eigenvalue weighted by molar-refractivity contribution is 0.557. The molecule has 1 aromatic carbocycles. The van der Waals surface area contributed by atoms with E-state index >= 15 is 0 Å². The van der Waals surface area contributed by atoms with Gasteiger partial charge in [0.05, 0.1) is 20.9 Å². The van der Waals surface area contributed by atoms with Gasteiger partial charge < -0.3 is 5.32 Å². The molecule has 0 amide bonds. The summed E-state index contributed by atoms with van der Waals surface area (Å²) in [5, 5.41) is 8.40. The highest BCUT2D eigenvalue weighted by atomic mass is 79.9. The van der Waals surface area contributed by atoms with Gasteiger partial charge in [-0.05, 0) is 47.1 Å². The number of hydrogen-bond donors (Lipinski definition) is 1. The number of likely N-dealkylation sites (N-methyl/N-ethyl adjacent to an activating group) is 1. The lowest BCUT2D eigenvalue weighted by atomic mass is 10.0. The summed E-state index contributed by atoms with van der Waals surface area (Å²) in [6, 6.07) is 5.08. The lowest BCUT2D eigenvalue weighted by Crippen LogP contribution is -2.20. The van der Waals surface area contributed by atoms with Crippen molar-refractivity contribution in [3.63, 3.8) is 0 Å². The van der Waals surface area contributed by atoms with Crippen molar-refractivity contribution in [1.82, 2.24) is 15.1 Å². The summed E-state index contributed by atoms with van der Waals surface area (Å²) in [4.78, 5) is 0. The molecule has 1 atom stereocenters. The van der Waals surface area contributed by atoms with Crippen LogP contribution in [0.4, 0.5) is 4.39 Å². The second-order valence-corrected chi connectivity index (χ2v) is 6.14. The summed E-state index contributed by atoms with van der Waals surface area (Å²) in [7, 11) is 3.78. The van der Waals surface area contributed by atoms with Crippen LogP contribution in [0.15, 0.2) is 22.7 Å². The highest BCUT2D eigenvalue weighted by molar-refractivity contribution is 9.10. The standard InChI is InChI=1S/C15H18BrClFN3/c1-4-12-15(17)14(21(3)20-12)8-13(19-2)9-5-6-11(18)10(16)7-9/h5-7,13,19H,4,8H2,1-3H3. The fourth-order valence-corrected chi connectivity index (χ4v) is 3.12. The maximum absolute atomic E-state index is 13.4. The van der Waals surface area contributed by atoms with E-state index < -0.39 is 0 Å². The summed E-state index contributed by atoms with van der Waals surface area (Å²) >= 11 is 9.62. The topological polar surface area (TPSA) is 29.9 Å². The number of nitrogens with one attached hydrogen (secondary N) is 1. The van der Waals surface area contributed by atoms with Crippen molar-refractivity contribution < 1.29 is 4.39 Å². The molecule has 2 aromatic rings. The quantitative estimate of drug-likeness (QED) is 0.856. The zero-order valence-electron chi connectivity index (χ0n) is 12.3. The number of benzene rings is 1. The molecule has 1 N–H and O–H groups in total. The lowest BCUT2D eigenvalue weighted by Gasteiger charge is -2.17. The molecule has 1 heterocycles. The Hall–Kier alpha value is -0.910. The van der Waals surface area contributed by atoms with Crippen LogP contribution in [0.5, 0.6) is 0 Å².